The largest absolute Gasteiger partial charge is 0.495 e. The number of carbonyl (C=O) groups is 1. The first kappa shape index (κ1) is 21.1. The van der Waals surface area contributed by atoms with E-state index in [1.807, 2.05) is 31.2 Å². The molecule has 5 rings (SSSR count). The van der Waals surface area contributed by atoms with Crippen molar-refractivity contribution in [2.75, 3.05) is 12.4 Å². The SMILES string of the molecule is COc1ccccc1NC(=O)Cn1nc2c(-c3nc(-c4cccc(C)c4)no3)cccn2c1=O. The predicted molar refractivity (Wildman–Crippen MR) is 125 cm³/mol. The lowest BCUT2D eigenvalue weighted by Gasteiger charge is -2.09. The lowest BCUT2D eigenvalue weighted by Crippen LogP contribution is -2.28. The number of benzene rings is 2. The van der Waals surface area contributed by atoms with Crippen molar-refractivity contribution in [3.05, 3.63) is 82.9 Å². The van der Waals surface area contributed by atoms with E-state index in [0.717, 1.165) is 15.8 Å². The van der Waals surface area contributed by atoms with Crippen LogP contribution >= 0.6 is 0 Å². The van der Waals surface area contributed by atoms with Crippen LogP contribution in [0.3, 0.4) is 0 Å². The lowest BCUT2D eigenvalue weighted by molar-refractivity contribution is -0.117. The summed E-state index contributed by atoms with van der Waals surface area (Å²) in [5.74, 6) is 0.744. The van der Waals surface area contributed by atoms with Gasteiger partial charge in [-0.05, 0) is 37.3 Å². The zero-order valence-electron chi connectivity index (χ0n) is 18.4. The van der Waals surface area contributed by atoms with Crippen LogP contribution < -0.4 is 15.7 Å². The van der Waals surface area contributed by atoms with E-state index >= 15 is 0 Å². The predicted octanol–water partition coefficient (Wildman–Crippen LogP) is 3.17. The number of aryl methyl sites for hydroxylation is 1. The summed E-state index contributed by atoms with van der Waals surface area (Å²) >= 11 is 0. The molecule has 0 unspecified atom stereocenters. The van der Waals surface area contributed by atoms with Gasteiger partial charge >= 0.3 is 5.69 Å². The van der Waals surface area contributed by atoms with Crippen molar-refractivity contribution in [3.8, 4) is 28.6 Å². The Labute approximate surface area is 193 Å². The van der Waals surface area contributed by atoms with E-state index in [1.165, 1.54) is 11.5 Å². The Morgan fingerprint density at radius 3 is 2.79 bits per heavy atom. The fourth-order valence-corrected chi connectivity index (χ4v) is 3.62. The molecule has 0 fully saturated rings. The average molecular weight is 456 g/mol. The molecule has 170 valence electrons. The van der Waals surface area contributed by atoms with Gasteiger partial charge in [-0.1, -0.05) is 41.1 Å². The van der Waals surface area contributed by atoms with Crippen molar-refractivity contribution in [3.63, 3.8) is 0 Å². The topological polar surface area (TPSA) is 117 Å². The third-order valence-corrected chi connectivity index (χ3v) is 5.22. The summed E-state index contributed by atoms with van der Waals surface area (Å²) in [6, 6.07) is 18.2. The van der Waals surface area contributed by atoms with Crippen LogP contribution in [0.5, 0.6) is 5.75 Å². The molecule has 5 aromatic rings. The van der Waals surface area contributed by atoms with Crippen LogP contribution in [-0.4, -0.2) is 37.3 Å². The zero-order valence-corrected chi connectivity index (χ0v) is 18.4. The maximum Gasteiger partial charge on any atom is 0.350 e. The highest BCUT2D eigenvalue weighted by molar-refractivity contribution is 5.92. The van der Waals surface area contributed by atoms with Crippen molar-refractivity contribution >= 4 is 17.2 Å². The van der Waals surface area contributed by atoms with Crippen LogP contribution in [0.1, 0.15) is 5.56 Å². The molecule has 3 heterocycles. The van der Waals surface area contributed by atoms with Gasteiger partial charge < -0.3 is 14.6 Å². The standard InChI is InChI=1S/C24H20N6O4/c1-15-7-5-8-16(13-15)21-26-23(34-28-21)17-9-6-12-29-22(17)27-30(24(29)32)14-20(31)25-18-10-3-4-11-19(18)33-2/h3-13H,14H2,1-2H3,(H,25,31). The second-order valence-corrected chi connectivity index (χ2v) is 7.60. The van der Waals surface area contributed by atoms with E-state index in [9.17, 15) is 9.59 Å². The number of para-hydroxylation sites is 2. The number of pyridine rings is 1. The first-order valence-corrected chi connectivity index (χ1v) is 10.5. The summed E-state index contributed by atoms with van der Waals surface area (Å²) in [6.45, 7) is 1.70. The fraction of sp³-hybridized carbons (Fsp3) is 0.125. The molecule has 0 aliphatic heterocycles. The highest BCUT2D eigenvalue weighted by atomic mass is 16.5. The number of aromatic nitrogens is 5. The maximum atomic E-state index is 12.9. The van der Waals surface area contributed by atoms with Gasteiger partial charge in [-0.2, -0.15) is 4.98 Å². The first-order chi connectivity index (χ1) is 16.5. The van der Waals surface area contributed by atoms with Gasteiger partial charge in [0, 0.05) is 11.8 Å². The summed E-state index contributed by atoms with van der Waals surface area (Å²) in [4.78, 5) is 30.0. The highest BCUT2D eigenvalue weighted by Gasteiger charge is 2.19. The summed E-state index contributed by atoms with van der Waals surface area (Å²) in [5, 5.41) is 11.2. The molecule has 3 aromatic heterocycles. The van der Waals surface area contributed by atoms with Gasteiger partial charge in [0.1, 0.15) is 12.3 Å². The van der Waals surface area contributed by atoms with E-state index in [2.05, 4.69) is 20.6 Å². The smallest absolute Gasteiger partial charge is 0.350 e. The fourth-order valence-electron chi connectivity index (χ4n) is 3.62. The first-order valence-electron chi connectivity index (χ1n) is 10.5. The van der Waals surface area contributed by atoms with Gasteiger partial charge in [0.25, 0.3) is 5.89 Å². The van der Waals surface area contributed by atoms with Crippen LogP contribution in [0.15, 0.2) is 76.2 Å². The Hall–Kier alpha value is -4.73. The monoisotopic (exact) mass is 456 g/mol. The molecule has 1 amide bonds. The van der Waals surface area contributed by atoms with E-state index in [1.54, 1.807) is 42.6 Å². The van der Waals surface area contributed by atoms with Crippen LogP contribution in [0, 0.1) is 6.92 Å². The molecule has 0 atom stereocenters. The number of carbonyl (C=O) groups excluding carboxylic acids is 1. The van der Waals surface area contributed by atoms with Crippen molar-refractivity contribution in [1.29, 1.82) is 0 Å². The molecular weight excluding hydrogens is 436 g/mol. The quantitative estimate of drug-likeness (QED) is 0.417. The van der Waals surface area contributed by atoms with Gasteiger partial charge in [-0.3, -0.25) is 4.79 Å². The normalized spacial score (nSPS) is 11.0. The molecule has 1 N–H and O–H groups in total. The number of rotatable bonds is 6. The Kier molecular flexibility index (Phi) is 5.38. The number of hydrogen-bond donors (Lipinski definition) is 1. The van der Waals surface area contributed by atoms with Crippen molar-refractivity contribution in [1.82, 2.24) is 24.3 Å². The minimum absolute atomic E-state index is 0.220. The number of methoxy groups -OCH3 is 1. The van der Waals surface area contributed by atoms with Gasteiger partial charge in [-0.15, -0.1) is 5.10 Å². The van der Waals surface area contributed by atoms with Crippen molar-refractivity contribution < 1.29 is 14.1 Å². The van der Waals surface area contributed by atoms with E-state index in [4.69, 9.17) is 9.26 Å². The second-order valence-electron chi connectivity index (χ2n) is 7.60. The molecule has 10 nitrogen and oxygen atoms in total. The number of fused-ring (bicyclic) bond motifs is 1. The number of nitrogens with one attached hydrogen (secondary N) is 1. The molecule has 0 aliphatic carbocycles. The minimum atomic E-state index is -0.467. The molecular formula is C24H20N6O4. The summed E-state index contributed by atoms with van der Waals surface area (Å²) in [7, 11) is 1.51. The molecule has 10 heteroatoms. The summed E-state index contributed by atoms with van der Waals surface area (Å²) in [5.41, 5.74) is 2.71. The van der Waals surface area contributed by atoms with E-state index < -0.39 is 11.6 Å². The molecule has 0 bridgehead atoms. The van der Waals surface area contributed by atoms with Gasteiger partial charge in [-0.25, -0.2) is 13.9 Å². The molecule has 0 aliphatic rings. The van der Waals surface area contributed by atoms with Crippen LogP contribution in [0.2, 0.25) is 0 Å². The Bertz CT molecular complexity index is 1570. The molecule has 0 saturated heterocycles. The third kappa shape index (κ3) is 3.92. The van der Waals surface area contributed by atoms with Crippen LogP contribution in [-0.2, 0) is 11.3 Å². The third-order valence-electron chi connectivity index (χ3n) is 5.22. The highest BCUT2D eigenvalue weighted by Crippen LogP contribution is 2.25. The molecule has 34 heavy (non-hydrogen) atoms. The second kappa shape index (κ2) is 8.66. The number of anilines is 1. The number of ether oxygens (including phenoxy) is 1. The number of amides is 1. The summed E-state index contributed by atoms with van der Waals surface area (Å²) in [6.07, 6.45) is 1.57. The van der Waals surface area contributed by atoms with Crippen molar-refractivity contribution in [2.24, 2.45) is 0 Å². The number of hydrogen-bond acceptors (Lipinski definition) is 7. The van der Waals surface area contributed by atoms with Crippen LogP contribution in [0.4, 0.5) is 5.69 Å². The Balaban J connectivity index is 1.45. The minimum Gasteiger partial charge on any atom is -0.495 e. The summed E-state index contributed by atoms with van der Waals surface area (Å²) < 4.78 is 13.1. The molecule has 0 spiro atoms. The van der Waals surface area contributed by atoms with E-state index in [0.29, 0.717) is 28.5 Å². The van der Waals surface area contributed by atoms with Crippen molar-refractivity contribution in [2.45, 2.75) is 13.5 Å². The maximum absolute atomic E-state index is 12.9. The lowest BCUT2D eigenvalue weighted by atomic mass is 10.1. The molecule has 2 aromatic carbocycles. The molecule has 0 radical (unpaired) electrons. The number of nitrogens with zero attached hydrogens (tertiary/aromatic N) is 5. The van der Waals surface area contributed by atoms with Gasteiger partial charge in [0.15, 0.2) is 5.65 Å². The van der Waals surface area contributed by atoms with Gasteiger partial charge in [0.2, 0.25) is 11.7 Å². The Morgan fingerprint density at radius 1 is 1.12 bits per heavy atom. The van der Waals surface area contributed by atoms with Gasteiger partial charge in [0.05, 0.1) is 18.4 Å². The van der Waals surface area contributed by atoms with E-state index in [-0.39, 0.29) is 12.4 Å². The average Bonchev–Trinajstić information content (AvgIpc) is 3.45. The van der Waals surface area contributed by atoms with Crippen LogP contribution in [0.25, 0.3) is 28.5 Å². The molecule has 0 saturated carbocycles. The zero-order chi connectivity index (χ0) is 23.7. The Morgan fingerprint density at radius 2 is 1.97 bits per heavy atom.